The van der Waals surface area contributed by atoms with Gasteiger partial charge in [-0.1, -0.05) is 10.3 Å². The van der Waals surface area contributed by atoms with Gasteiger partial charge < -0.3 is 34.4 Å². The summed E-state index contributed by atoms with van der Waals surface area (Å²) in [6, 6.07) is 4.13. The molecule has 14 heteroatoms. The third-order valence-corrected chi connectivity index (χ3v) is 3.94. The lowest BCUT2D eigenvalue weighted by Gasteiger charge is -2.11. The zero-order chi connectivity index (χ0) is 25.9. The van der Waals surface area contributed by atoms with Gasteiger partial charge in [-0.05, 0) is 30.7 Å². The highest BCUT2D eigenvalue weighted by molar-refractivity contribution is 6.01. The molecule has 0 spiro atoms. The van der Waals surface area contributed by atoms with Crippen LogP contribution in [-0.2, 0) is 28.6 Å². The number of carbonyl (C=O) groups is 3. The lowest BCUT2D eigenvalue weighted by molar-refractivity contribution is -0.120. The number of hydrogen-bond acceptors (Lipinski definition) is 10. The topological polar surface area (TPSA) is 183 Å². The van der Waals surface area contributed by atoms with Crippen molar-refractivity contribution in [2.24, 2.45) is 10.3 Å². The van der Waals surface area contributed by atoms with E-state index < -0.39 is 24.4 Å². The predicted molar refractivity (Wildman–Crippen MR) is 125 cm³/mol. The molecule has 0 bridgehead atoms. The first-order valence-corrected chi connectivity index (χ1v) is 10.7. The number of hydrogen-bond donors (Lipinski definition) is 2. The number of ether oxygens (including phenoxy) is 4. The number of nitrogens with zero attached hydrogens (tertiary/aromatic N) is 4. The van der Waals surface area contributed by atoms with E-state index >= 15 is 0 Å². The Morgan fingerprint density at radius 1 is 1.06 bits per heavy atom. The molecule has 1 rings (SSSR count). The van der Waals surface area contributed by atoms with Crippen molar-refractivity contribution >= 4 is 29.4 Å². The highest BCUT2D eigenvalue weighted by Crippen LogP contribution is 2.16. The van der Waals surface area contributed by atoms with Crippen LogP contribution in [0.25, 0.3) is 10.4 Å². The number of amides is 2. The molecule has 0 aliphatic heterocycles. The van der Waals surface area contributed by atoms with Gasteiger partial charge in [-0.3, -0.25) is 9.59 Å². The van der Waals surface area contributed by atoms with Gasteiger partial charge in [0, 0.05) is 36.2 Å². The summed E-state index contributed by atoms with van der Waals surface area (Å²) in [6.07, 6.45) is 0. The van der Waals surface area contributed by atoms with Gasteiger partial charge in [0.15, 0.2) is 6.61 Å². The molecule has 14 nitrogen and oxygen atoms in total. The van der Waals surface area contributed by atoms with Gasteiger partial charge in [-0.25, -0.2) is 4.79 Å². The van der Waals surface area contributed by atoms with Gasteiger partial charge >= 0.3 is 5.97 Å². The molecule has 0 aliphatic rings. The number of azide groups is 1. The van der Waals surface area contributed by atoms with Crippen molar-refractivity contribution in [1.82, 2.24) is 5.32 Å². The molecule has 2 amide bonds. The highest BCUT2D eigenvalue weighted by Gasteiger charge is 2.15. The van der Waals surface area contributed by atoms with Gasteiger partial charge in [0.25, 0.3) is 11.8 Å². The number of carbonyl (C=O) groups excluding carboxylic acids is 3. The quantitative estimate of drug-likeness (QED) is 0.0510. The number of anilines is 1. The van der Waals surface area contributed by atoms with E-state index in [9.17, 15) is 14.4 Å². The summed E-state index contributed by atoms with van der Waals surface area (Å²) < 4.78 is 20.3. The van der Waals surface area contributed by atoms with Crippen molar-refractivity contribution in [3.05, 3.63) is 39.8 Å². The minimum Gasteiger partial charge on any atom is -0.479 e. The van der Waals surface area contributed by atoms with Crippen LogP contribution in [-0.4, -0.2) is 83.5 Å². The fourth-order valence-corrected chi connectivity index (χ4v) is 2.49. The monoisotopic (exact) mass is 494 g/mol. The summed E-state index contributed by atoms with van der Waals surface area (Å²) >= 11 is 0. The van der Waals surface area contributed by atoms with Crippen molar-refractivity contribution in [1.29, 1.82) is 0 Å². The van der Waals surface area contributed by atoms with E-state index in [0.717, 1.165) is 0 Å². The Labute approximate surface area is 202 Å². The second-order valence-corrected chi connectivity index (χ2v) is 6.59. The number of oxime groups is 1. The fraction of sp³-hybridized carbons (Fsp3) is 0.524. The fourth-order valence-electron chi connectivity index (χ4n) is 2.49. The van der Waals surface area contributed by atoms with E-state index in [1.807, 2.05) is 0 Å². The summed E-state index contributed by atoms with van der Waals surface area (Å²) in [6.45, 7) is 4.97. The standard InChI is InChI=1S/C21H30N6O8/c1-4-34-15(2)26-35-14-19(28)25-18-12-16(11-17(13-18)21(30)31-3)20(29)23-5-7-32-9-10-33-8-6-24-27-22/h11-13H,4-10,14H2,1-3H3,(H,23,29)(H,25,28)/b26-15-. The van der Waals surface area contributed by atoms with Crippen molar-refractivity contribution < 1.29 is 38.2 Å². The third-order valence-electron chi connectivity index (χ3n) is 3.94. The number of nitrogens with one attached hydrogen (secondary N) is 2. The maximum atomic E-state index is 12.5. The van der Waals surface area contributed by atoms with Crippen LogP contribution in [0.5, 0.6) is 0 Å². The summed E-state index contributed by atoms with van der Waals surface area (Å²) in [5.41, 5.74) is 8.57. The van der Waals surface area contributed by atoms with Crippen LogP contribution >= 0.6 is 0 Å². The molecule has 0 saturated heterocycles. The Morgan fingerprint density at radius 3 is 2.46 bits per heavy atom. The van der Waals surface area contributed by atoms with E-state index in [2.05, 4.69) is 25.8 Å². The number of benzene rings is 1. The normalized spacial score (nSPS) is 10.7. The van der Waals surface area contributed by atoms with Crippen molar-refractivity contribution in [3.8, 4) is 0 Å². The maximum Gasteiger partial charge on any atom is 0.337 e. The van der Waals surface area contributed by atoms with Crippen LogP contribution in [0.4, 0.5) is 5.69 Å². The minimum absolute atomic E-state index is 0.0794. The first-order valence-electron chi connectivity index (χ1n) is 10.7. The largest absolute Gasteiger partial charge is 0.479 e. The Kier molecular flexibility index (Phi) is 14.7. The third kappa shape index (κ3) is 12.8. The molecule has 1 aromatic carbocycles. The van der Waals surface area contributed by atoms with Crippen LogP contribution in [0.3, 0.4) is 0 Å². The lowest BCUT2D eigenvalue weighted by Crippen LogP contribution is -2.28. The lowest BCUT2D eigenvalue weighted by atomic mass is 10.1. The molecule has 192 valence electrons. The molecule has 0 fully saturated rings. The maximum absolute atomic E-state index is 12.5. The van der Waals surface area contributed by atoms with Gasteiger partial charge in [0.1, 0.15) is 0 Å². The number of rotatable bonds is 16. The van der Waals surface area contributed by atoms with Gasteiger partial charge in [-0.2, -0.15) is 0 Å². The zero-order valence-electron chi connectivity index (χ0n) is 19.9. The van der Waals surface area contributed by atoms with E-state index in [4.69, 9.17) is 29.3 Å². The van der Waals surface area contributed by atoms with Crippen LogP contribution in [0.15, 0.2) is 28.5 Å². The molecule has 0 aromatic heterocycles. The molecular formula is C21H30N6O8. The molecule has 0 heterocycles. The number of methoxy groups -OCH3 is 1. The summed E-state index contributed by atoms with van der Waals surface area (Å²) in [5, 5.41) is 12.2. The summed E-state index contributed by atoms with van der Waals surface area (Å²) in [4.78, 5) is 44.2. The molecule has 0 aliphatic carbocycles. The second-order valence-electron chi connectivity index (χ2n) is 6.59. The van der Waals surface area contributed by atoms with Crippen molar-refractivity contribution in [3.63, 3.8) is 0 Å². The first-order chi connectivity index (χ1) is 16.9. The van der Waals surface area contributed by atoms with Crippen LogP contribution in [0, 0.1) is 0 Å². The average molecular weight is 495 g/mol. The first kappa shape index (κ1) is 29.2. The van der Waals surface area contributed by atoms with Crippen molar-refractivity contribution in [2.45, 2.75) is 13.8 Å². The Balaban J connectivity index is 2.60. The molecule has 0 atom stereocenters. The molecule has 1 aromatic rings. The second kappa shape index (κ2) is 17.6. The Morgan fingerprint density at radius 2 is 1.77 bits per heavy atom. The van der Waals surface area contributed by atoms with Gasteiger partial charge in [0.05, 0.1) is 45.7 Å². The minimum atomic E-state index is -0.674. The SMILES string of the molecule is CCO/C(C)=N\OCC(=O)Nc1cc(C(=O)NCCOCCOCCN=[N+]=[N-])cc(C(=O)OC)c1. The molecule has 35 heavy (non-hydrogen) atoms. The molecule has 0 unspecified atom stereocenters. The summed E-state index contributed by atoms with van der Waals surface area (Å²) in [7, 11) is 1.21. The smallest absolute Gasteiger partial charge is 0.337 e. The zero-order valence-corrected chi connectivity index (χ0v) is 19.9. The summed E-state index contributed by atoms with van der Waals surface area (Å²) in [5.74, 6) is -1.43. The molecule has 0 saturated carbocycles. The van der Waals surface area contributed by atoms with Crippen LogP contribution < -0.4 is 10.6 Å². The Bertz CT molecular complexity index is 917. The highest BCUT2D eigenvalue weighted by atomic mass is 16.6. The molecule has 2 N–H and O–H groups in total. The Hall–Kier alpha value is -3.87. The van der Waals surface area contributed by atoms with E-state index in [1.165, 1.54) is 25.3 Å². The molecular weight excluding hydrogens is 464 g/mol. The van der Waals surface area contributed by atoms with Crippen LogP contribution in [0.2, 0.25) is 0 Å². The van der Waals surface area contributed by atoms with Crippen molar-refractivity contribution in [2.75, 3.05) is 65.2 Å². The van der Waals surface area contributed by atoms with Crippen LogP contribution in [0.1, 0.15) is 34.6 Å². The van der Waals surface area contributed by atoms with Gasteiger partial charge in [-0.15, -0.1) is 0 Å². The van der Waals surface area contributed by atoms with E-state index in [1.54, 1.807) is 13.8 Å². The van der Waals surface area contributed by atoms with Gasteiger partial charge in [0.2, 0.25) is 5.90 Å². The predicted octanol–water partition coefficient (Wildman–Crippen LogP) is 1.87. The van der Waals surface area contributed by atoms with E-state index in [0.29, 0.717) is 26.4 Å². The average Bonchev–Trinajstić information content (AvgIpc) is 2.84. The number of esters is 1. The van der Waals surface area contributed by atoms with E-state index in [-0.39, 0.29) is 42.4 Å². The molecule has 0 radical (unpaired) electrons.